The summed E-state index contributed by atoms with van der Waals surface area (Å²) in [5, 5.41) is 3.34. The lowest BCUT2D eigenvalue weighted by Crippen LogP contribution is -2.39. The van der Waals surface area contributed by atoms with Gasteiger partial charge in [0, 0.05) is 26.7 Å². The van der Waals surface area contributed by atoms with Crippen molar-refractivity contribution < 1.29 is 4.74 Å². The Bertz CT molecular complexity index is 225. The van der Waals surface area contributed by atoms with Crippen LogP contribution in [-0.2, 0) is 4.74 Å². The van der Waals surface area contributed by atoms with E-state index in [9.17, 15) is 0 Å². The number of hydrogen-bond donors (Lipinski definition) is 1. The predicted octanol–water partition coefficient (Wildman–Crippen LogP) is 1.86. The maximum Gasteiger partial charge on any atom is 0.193 e. The molecule has 1 saturated heterocycles. The molecule has 1 unspecified atom stereocenters. The Morgan fingerprint density at radius 3 is 2.88 bits per heavy atom. The van der Waals surface area contributed by atoms with Gasteiger partial charge in [0.2, 0.25) is 0 Å². The van der Waals surface area contributed by atoms with Crippen molar-refractivity contribution in [2.24, 2.45) is 4.99 Å². The molecule has 0 saturated carbocycles. The molecular weight excluding hydrogens is 214 g/mol. The van der Waals surface area contributed by atoms with Gasteiger partial charge in [-0.3, -0.25) is 4.99 Å². The number of nitrogens with one attached hydrogen (secondary N) is 1. The van der Waals surface area contributed by atoms with Crippen molar-refractivity contribution in [2.45, 2.75) is 45.6 Å². The fourth-order valence-corrected chi connectivity index (χ4v) is 1.95. The van der Waals surface area contributed by atoms with Crippen molar-refractivity contribution in [3.63, 3.8) is 0 Å². The molecule has 4 heteroatoms. The topological polar surface area (TPSA) is 36.9 Å². The maximum absolute atomic E-state index is 5.59. The molecule has 4 nitrogen and oxygen atoms in total. The van der Waals surface area contributed by atoms with E-state index in [2.05, 4.69) is 36.1 Å². The van der Waals surface area contributed by atoms with Crippen molar-refractivity contribution in [1.82, 2.24) is 10.2 Å². The van der Waals surface area contributed by atoms with Crippen molar-refractivity contribution >= 4 is 5.96 Å². The van der Waals surface area contributed by atoms with Crippen molar-refractivity contribution in [2.75, 3.05) is 33.3 Å². The first-order valence-electron chi connectivity index (χ1n) is 6.89. The zero-order valence-corrected chi connectivity index (χ0v) is 11.5. The highest BCUT2D eigenvalue weighted by Crippen LogP contribution is 2.11. The van der Waals surface area contributed by atoms with Gasteiger partial charge in [0.25, 0.3) is 0 Å². The molecule has 0 radical (unpaired) electrons. The van der Waals surface area contributed by atoms with Gasteiger partial charge in [-0.15, -0.1) is 0 Å². The Kier molecular flexibility index (Phi) is 7.01. The highest BCUT2D eigenvalue weighted by atomic mass is 16.5. The molecule has 1 aliphatic rings. The summed E-state index contributed by atoms with van der Waals surface area (Å²) in [7, 11) is 2.10. The molecule has 0 aromatic carbocycles. The van der Waals surface area contributed by atoms with Crippen LogP contribution in [0.5, 0.6) is 0 Å². The molecule has 0 spiro atoms. The van der Waals surface area contributed by atoms with Gasteiger partial charge >= 0.3 is 0 Å². The number of aliphatic imine (C=N–C) groups is 1. The lowest BCUT2D eigenvalue weighted by Gasteiger charge is -2.22. The minimum Gasteiger partial charge on any atom is -0.376 e. The molecular formula is C13H27N3O. The molecule has 1 N–H and O–H groups in total. The molecule has 1 rings (SSSR count). The first-order valence-corrected chi connectivity index (χ1v) is 6.89. The van der Waals surface area contributed by atoms with Gasteiger partial charge in [-0.2, -0.15) is 0 Å². The van der Waals surface area contributed by atoms with E-state index in [1.165, 1.54) is 19.3 Å². The first-order chi connectivity index (χ1) is 8.27. The Balaban J connectivity index is 2.41. The third-order valence-electron chi connectivity index (χ3n) is 3.01. The van der Waals surface area contributed by atoms with E-state index in [1.54, 1.807) is 0 Å². The van der Waals surface area contributed by atoms with E-state index in [4.69, 9.17) is 4.74 Å². The Morgan fingerprint density at radius 2 is 2.29 bits per heavy atom. The van der Waals surface area contributed by atoms with E-state index in [1.807, 2.05) is 0 Å². The monoisotopic (exact) mass is 241 g/mol. The molecule has 1 aliphatic heterocycles. The highest BCUT2D eigenvalue weighted by Gasteiger charge is 2.15. The van der Waals surface area contributed by atoms with Gasteiger partial charge in [0.15, 0.2) is 5.96 Å². The van der Waals surface area contributed by atoms with Crippen LogP contribution in [0.1, 0.15) is 39.5 Å². The molecule has 1 atom stereocenters. The third-order valence-corrected chi connectivity index (χ3v) is 3.01. The second-order valence-corrected chi connectivity index (χ2v) is 4.60. The number of ether oxygens (including phenoxy) is 1. The van der Waals surface area contributed by atoms with Crippen LogP contribution in [0.2, 0.25) is 0 Å². The van der Waals surface area contributed by atoms with Crippen LogP contribution in [0.3, 0.4) is 0 Å². The van der Waals surface area contributed by atoms with Gasteiger partial charge < -0.3 is 15.0 Å². The van der Waals surface area contributed by atoms with E-state index >= 15 is 0 Å². The number of guanidine groups is 1. The number of rotatable bonds is 6. The molecule has 100 valence electrons. The minimum absolute atomic E-state index is 0.336. The van der Waals surface area contributed by atoms with Crippen LogP contribution in [0, 0.1) is 0 Å². The lowest BCUT2D eigenvalue weighted by atomic mass is 10.2. The van der Waals surface area contributed by atoms with Gasteiger partial charge in [-0.1, -0.05) is 13.3 Å². The smallest absolute Gasteiger partial charge is 0.193 e. The summed E-state index contributed by atoms with van der Waals surface area (Å²) in [6.07, 6.45) is 5.10. The summed E-state index contributed by atoms with van der Waals surface area (Å²) in [5.74, 6) is 1.01. The van der Waals surface area contributed by atoms with Crippen molar-refractivity contribution in [1.29, 1.82) is 0 Å². The molecule has 1 heterocycles. The van der Waals surface area contributed by atoms with Crippen LogP contribution >= 0.6 is 0 Å². The van der Waals surface area contributed by atoms with Crippen LogP contribution in [0.4, 0.5) is 0 Å². The predicted molar refractivity (Wildman–Crippen MR) is 72.5 cm³/mol. The molecule has 1 fully saturated rings. The number of hydrogen-bond acceptors (Lipinski definition) is 2. The molecule has 0 aliphatic carbocycles. The highest BCUT2D eigenvalue weighted by molar-refractivity contribution is 5.79. The van der Waals surface area contributed by atoms with Gasteiger partial charge in [0.05, 0.1) is 12.6 Å². The third kappa shape index (κ3) is 5.39. The standard InChI is InChI=1S/C13H27N3O/c1-4-6-9-16(3)13(14-5-2)15-11-12-8-7-10-17-12/h12H,4-11H2,1-3H3,(H,14,15). The second-order valence-electron chi connectivity index (χ2n) is 4.60. The molecule has 0 aromatic rings. The van der Waals surface area contributed by atoms with Crippen LogP contribution in [0.15, 0.2) is 4.99 Å². The fraction of sp³-hybridized carbons (Fsp3) is 0.923. The maximum atomic E-state index is 5.59. The SMILES string of the molecule is CCCCN(C)C(=NCC1CCCO1)NCC. The Hall–Kier alpha value is -0.770. The first kappa shape index (κ1) is 14.3. The summed E-state index contributed by atoms with van der Waals surface area (Å²) in [5.41, 5.74) is 0. The van der Waals surface area contributed by atoms with Gasteiger partial charge in [-0.05, 0) is 26.2 Å². The number of nitrogens with zero attached hydrogens (tertiary/aromatic N) is 2. The van der Waals surface area contributed by atoms with E-state index in [0.29, 0.717) is 6.10 Å². The van der Waals surface area contributed by atoms with Crippen LogP contribution in [-0.4, -0.2) is 50.3 Å². The van der Waals surface area contributed by atoms with Gasteiger partial charge in [-0.25, -0.2) is 0 Å². The number of unbranched alkanes of at least 4 members (excludes halogenated alkanes) is 1. The molecule has 0 amide bonds. The van der Waals surface area contributed by atoms with E-state index < -0.39 is 0 Å². The summed E-state index contributed by atoms with van der Waals surface area (Å²) in [6, 6.07) is 0. The Labute approximate surface area is 105 Å². The van der Waals surface area contributed by atoms with E-state index in [0.717, 1.165) is 38.6 Å². The molecule has 17 heavy (non-hydrogen) atoms. The largest absolute Gasteiger partial charge is 0.376 e. The van der Waals surface area contributed by atoms with Crippen molar-refractivity contribution in [3.05, 3.63) is 0 Å². The normalized spacial score (nSPS) is 20.6. The lowest BCUT2D eigenvalue weighted by molar-refractivity contribution is 0.117. The average Bonchev–Trinajstić information content (AvgIpc) is 2.84. The summed E-state index contributed by atoms with van der Waals surface area (Å²) in [6.45, 7) is 8.00. The zero-order chi connectivity index (χ0) is 12.5. The molecule has 0 bridgehead atoms. The zero-order valence-electron chi connectivity index (χ0n) is 11.5. The summed E-state index contributed by atoms with van der Waals surface area (Å²) in [4.78, 5) is 6.87. The van der Waals surface area contributed by atoms with E-state index in [-0.39, 0.29) is 0 Å². The fourth-order valence-electron chi connectivity index (χ4n) is 1.95. The summed E-state index contributed by atoms with van der Waals surface area (Å²) < 4.78 is 5.59. The van der Waals surface area contributed by atoms with Crippen LogP contribution in [0.25, 0.3) is 0 Å². The van der Waals surface area contributed by atoms with Gasteiger partial charge in [0.1, 0.15) is 0 Å². The second kappa shape index (κ2) is 8.34. The Morgan fingerprint density at radius 1 is 1.47 bits per heavy atom. The molecule has 0 aromatic heterocycles. The quantitative estimate of drug-likeness (QED) is 0.570. The minimum atomic E-state index is 0.336. The van der Waals surface area contributed by atoms with Crippen molar-refractivity contribution in [3.8, 4) is 0 Å². The van der Waals surface area contributed by atoms with Crippen LogP contribution < -0.4 is 5.32 Å². The summed E-state index contributed by atoms with van der Waals surface area (Å²) >= 11 is 0. The average molecular weight is 241 g/mol.